The minimum atomic E-state index is -0.0708. The minimum Gasteiger partial charge on any atom is -0.466 e. The molecule has 2 heterocycles. The van der Waals surface area contributed by atoms with Crippen LogP contribution >= 0.6 is 0 Å². The summed E-state index contributed by atoms with van der Waals surface area (Å²) >= 11 is 0. The molecule has 2 rings (SSSR count). The van der Waals surface area contributed by atoms with E-state index in [1.807, 2.05) is 13.8 Å². The van der Waals surface area contributed by atoms with Gasteiger partial charge in [0.15, 0.2) is 0 Å². The molecule has 0 spiro atoms. The molecule has 21 heavy (non-hydrogen) atoms. The van der Waals surface area contributed by atoms with Crippen LogP contribution in [0.15, 0.2) is 6.07 Å². The molecular formula is C14H23N5O2. The van der Waals surface area contributed by atoms with Gasteiger partial charge in [-0.15, -0.1) is 0 Å². The summed E-state index contributed by atoms with van der Waals surface area (Å²) in [5, 5.41) is 0. The molecule has 0 saturated carbocycles. The first kappa shape index (κ1) is 15.7. The number of hydrazine groups is 1. The highest BCUT2D eigenvalue weighted by molar-refractivity contribution is 5.72. The van der Waals surface area contributed by atoms with Crippen LogP contribution < -0.4 is 11.3 Å². The molecule has 1 fully saturated rings. The van der Waals surface area contributed by atoms with Crippen molar-refractivity contribution in [3.63, 3.8) is 0 Å². The van der Waals surface area contributed by atoms with Crippen molar-refractivity contribution in [2.45, 2.75) is 33.2 Å². The van der Waals surface area contributed by atoms with Crippen molar-refractivity contribution in [1.82, 2.24) is 14.9 Å². The maximum Gasteiger partial charge on any atom is 0.309 e. The molecular weight excluding hydrogens is 270 g/mol. The van der Waals surface area contributed by atoms with E-state index in [4.69, 9.17) is 10.6 Å². The molecule has 7 nitrogen and oxygen atoms in total. The number of rotatable bonds is 5. The Balaban J connectivity index is 1.89. The average Bonchev–Trinajstić information content (AvgIpc) is 2.47. The lowest BCUT2D eigenvalue weighted by molar-refractivity contribution is -0.149. The summed E-state index contributed by atoms with van der Waals surface area (Å²) in [6.07, 6.45) is 1.65. The highest BCUT2D eigenvalue weighted by atomic mass is 16.5. The molecule has 1 aromatic heterocycles. The van der Waals surface area contributed by atoms with Crippen molar-refractivity contribution in [2.75, 3.05) is 25.1 Å². The molecule has 1 aliphatic rings. The number of hydrogen-bond acceptors (Lipinski definition) is 7. The first-order chi connectivity index (χ1) is 10.1. The molecule has 1 aliphatic heterocycles. The van der Waals surface area contributed by atoms with Crippen molar-refractivity contribution >= 4 is 11.8 Å². The third kappa shape index (κ3) is 4.37. The number of piperidine rings is 1. The maximum atomic E-state index is 11.7. The third-order valence-corrected chi connectivity index (χ3v) is 3.62. The van der Waals surface area contributed by atoms with E-state index in [-0.39, 0.29) is 11.9 Å². The molecule has 0 radical (unpaired) electrons. The Morgan fingerprint density at radius 3 is 2.81 bits per heavy atom. The second kappa shape index (κ2) is 7.33. The van der Waals surface area contributed by atoms with Crippen molar-refractivity contribution in [3.8, 4) is 0 Å². The lowest BCUT2D eigenvalue weighted by Crippen LogP contribution is -2.37. The Labute approximate surface area is 124 Å². The lowest BCUT2D eigenvalue weighted by atomic mass is 9.97. The molecule has 3 N–H and O–H groups in total. The highest BCUT2D eigenvalue weighted by Crippen LogP contribution is 2.20. The number of anilines is 1. The summed E-state index contributed by atoms with van der Waals surface area (Å²) in [5.74, 6) is 6.73. The normalized spacial score (nSPS) is 16.7. The van der Waals surface area contributed by atoms with E-state index in [2.05, 4.69) is 20.3 Å². The van der Waals surface area contributed by atoms with Gasteiger partial charge in [0.05, 0.1) is 19.1 Å². The fourth-order valence-electron chi connectivity index (χ4n) is 2.56. The van der Waals surface area contributed by atoms with Crippen LogP contribution in [0.25, 0.3) is 0 Å². The molecule has 0 aliphatic carbocycles. The molecule has 0 unspecified atom stereocenters. The predicted octanol–water partition coefficient (Wildman–Crippen LogP) is 0.846. The Morgan fingerprint density at radius 1 is 1.48 bits per heavy atom. The lowest BCUT2D eigenvalue weighted by Gasteiger charge is -2.30. The zero-order valence-corrected chi connectivity index (χ0v) is 12.6. The summed E-state index contributed by atoms with van der Waals surface area (Å²) in [4.78, 5) is 22.7. The van der Waals surface area contributed by atoms with Gasteiger partial charge in [0.2, 0.25) is 0 Å². The van der Waals surface area contributed by atoms with Crippen molar-refractivity contribution in [1.29, 1.82) is 0 Å². The van der Waals surface area contributed by atoms with E-state index in [9.17, 15) is 4.79 Å². The van der Waals surface area contributed by atoms with Crippen LogP contribution in [0.3, 0.4) is 0 Å². The largest absolute Gasteiger partial charge is 0.466 e. The van der Waals surface area contributed by atoms with E-state index in [0.717, 1.165) is 37.4 Å². The zero-order valence-electron chi connectivity index (χ0n) is 12.6. The van der Waals surface area contributed by atoms with Crippen LogP contribution in [0, 0.1) is 12.8 Å². The Bertz CT molecular complexity index is 486. The second-order valence-electron chi connectivity index (χ2n) is 5.26. The minimum absolute atomic E-state index is 0.0286. The van der Waals surface area contributed by atoms with Crippen molar-refractivity contribution < 1.29 is 9.53 Å². The molecule has 0 bridgehead atoms. The highest BCUT2D eigenvalue weighted by Gasteiger charge is 2.26. The molecule has 1 aromatic rings. The number of nitrogens with zero attached hydrogens (tertiary/aromatic N) is 3. The number of nitrogens with one attached hydrogen (secondary N) is 1. The topological polar surface area (TPSA) is 93.4 Å². The number of carbonyl (C=O) groups is 1. The predicted molar refractivity (Wildman–Crippen MR) is 79.2 cm³/mol. The Morgan fingerprint density at radius 2 is 2.19 bits per heavy atom. The summed E-state index contributed by atoms with van der Waals surface area (Å²) < 4.78 is 5.08. The molecule has 7 heteroatoms. The first-order valence-corrected chi connectivity index (χ1v) is 7.32. The Kier molecular flexibility index (Phi) is 5.46. The third-order valence-electron chi connectivity index (χ3n) is 3.62. The standard InChI is InChI=1S/C14H23N5O2/c1-3-21-14(20)11-4-6-19(7-5-11)9-13-16-10(2)8-12(17-13)18-15/h8,11H,3-7,9,15H2,1-2H3,(H,16,17,18). The molecule has 0 amide bonds. The van der Waals surface area contributed by atoms with Crippen LogP contribution in [0.5, 0.6) is 0 Å². The summed E-state index contributed by atoms with van der Waals surface area (Å²) in [6.45, 7) is 6.58. The quantitative estimate of drug-likeness (QED) is 0.472. The van der Waals surface area contributed by atoms with Gasteiger partial charge in [0.25, 0.3) is 0 Å². The zero-order chi connectivity index (χ0) is 15.2. The van der Waals surface area contributed by atoms with Gasteiger partial charge in [-0.25, -0.2) is 15.8 Å². The number of ether oxygens (including phenoxy) is 1. The van der Waals surface area contributed by atoms with Crippen LogP contribution in [0.4, 0.5) is 5.82 Å². The van der Waals surface area contributed by atoms with Crippen LogP contribution in [-0.2, 0) is 16.1 Å². The van der Waals surface area contributed by atoms with E-state index >= 15 is 0 Å². The second-order valence-corrected chi connectivity index (χ2v) is 5.26. The average molecular weight is 293 g/mol. The number of aromatic nitrogens is 2. The number of nitrogens with two attached hydrogens (primary N) is 1. The molecule has 0 aromatic carbocycles. The number of hydrogen-bond donors (Lipinski definition) is 2. The van der Waals surface area contributed by atoms with Crippen molar-refractivity contribution in [3.05, 3.63) is 17.6 Å². The number of carbonyl (C=O) groups excluding carboxylic acids is 1. The van der Waals surface area contributed by atoms with E-state index in [1.54, 1.807) is 6.07 Å². The van der Waals surface area contributed by atoms with Crippen LogP contribution in [0.2, 0.25) is 0 Å². The van der Waals surface area contributed by atoms with E-state index in [1.165, 1.54) is 0 Å². The fraction of sp³-hybridized carbons (Fsp3) is 0.643. The number of esters is 1. The van der Waals surface area contributed by atoms with Gasteiger partial charge in [-0.05, 0) is 39.8 Å². The van der Waals surface area contributed by atoms with Gasteiger partial charge in [0, 0.05) is 11.8 Å². The van der Waals surface area contributed by atoms with Crippen LogP contribution in [0.1, 0.15) is 31.3 Å². The van der Waals surface area contributed by atoms with Crippen LogP contribution in [-0.4, -0.2) is 40.5 Å². The monoisotopic (exact) mass is 293 g/mol. The number of likely N-dealkylation sites (tertiary alicyclic amines) is 1. The summed E-state index contributed by atoms with van der Waals surface area (Å²) in [5.41, 5.74) is 3.43. The van der Waals surface area contributed by atoms with Gasteiger partial charge in [-0.1, -0.05) is 0 Å². The number of aryl methyl sites for hydroxylation is 1. The maximum absolute atomic E-state index is 11.7. The van der Waals surface area contributed by atoms with Crippen molar-refractivity contribution in [2.24, 2.45) is 11.8 Å². The van der Waals surface area contributed by atoms with E-state index in [0.29, 0.717) is 19.0 Å². The summed E-state index contributed by atoms with van der Waals surface area (Å²) in [6, 6.07) is 1.80. The first-order valence-electron chi connectivity index (χ1n) is 7.32. The molecule has 1 saturated heterocycles. The fourth-order valence-corrected chi connectivity index (χ4v) is 2.56. The van der Waals surface area contributed by atoms with Gasteiger partial charge in [-0.3, -0.25) is 9.69 Å². The summed E-state index contributed by atoms with van der Waals surface area (Å²) in [7, 11) is 0. The smallest absolute Gasteiger partial charge is 0.309 e. The molecule has 0 atom stereocenters. The SMILES string of the molecule is CCOC(=O)C1CCN(Cc2nc(C)cc(NN)n2)CC1. The van der Waals surface area contributed by atoms with Gasteiger partial charge in [-0.2, -0.15) is 0 Å². The molecule has 116 valence electrons. The van der Waals surface area contributed by atoms with Gasteiger partial charge < -0.3 is 10.2 Å². The van der Waals surface area contributed by atoms with E-state index < -0.39 is 0 Å². The number of nitrogen functional groups attached to an aromatic ring is 1. The van der Waals surface area contributed by atoms with Gasteiger partial charge in [0.1, 0.15) is 11.6 Å². The van der Waals surface area contributed by atoms with Gasteiger partial charge >= 0.3 is 5.97 Å². The Hall–Kier alpha value is -1.73.